The number of halogens is 1. The van der Waals surface area contributed by atoms with Gasteiger partial charge < -0.3 is 9.47 Å². The zero-order valence-corrected chi connectivity index (χ0v) is 13.9. The van der Waals surface area contributed by atoms with E-state index in [1.807, 2.05) is 24.3 Å². The van der Waals surface area contributed by atoms with Crippen molar-refractivity contribution in [3.05, 3.63) is 24.3 Å². The molecule has 0 bridgehead atoms. The Balaban J connectivity index is 1.80. The maximum Gasteiger partial charge on any atom is 0.161 e. The lowest BCUT2D eigenvalue weighted by Crippen LogP contribution is -2.42. The van der Waals surface area contributed by atoms with E-state index in [1.165, 1.54) is 25.7 Å². The van der Waals surface area contributed by atoms with E-state index in [2.05, 4.69) is 27.9 Å². The second-order valence-electron chi connectivity index (χ2n) is 5.35. The van der Waals surface area contributed by atoms with Crippen LogP contribution in [0, 0.1) is 0 Å². The molecule has 1 aromatic carbocycles. The lowest BCUT2D eigenvalue weighted by atomic mass is 9.94. The number of nitrogens with zero attached hydrogens (tertiary/aromatic N) is 1. The highest BCUT2D eigenvalue weighted by molar-refractivity contribution is 9.09. The first-order valence-electron chi connectivity index (χ1n) is 7.32. The second-order valence-corrected chi connectivity index (χ2v) is 6.52. The number of hydrogen-bond acceptors (Lipinski definition) is 3. The van der Waals surface area contributed by atoms with Crippen LogP contribution < -0.4 is 9.47 Å². The van der Waals surface area contributed by atoms with E-state index in [-0.39, 0.29) is 0 Å². The molecule has 1 fully saturated rings. The van der Waals surface area contributed by atoms with Crippen molar-refractivity contribution in [2.24, 2.45) is 0 Å². The zero-order valence-electron chi connectivity index (χ0n) is 12.3. The van der Waals surface area contributed by atoms with Crippen LogP contribution in [0.3, 0.4) is 0 Å². The van der Waals surface area contributed by atoms with Gasteiger partial charge in [0.05, 0.1) is 7.11 Å². The highest BCUT2D eigenvalue weighted by atomic mass is 79.9. The Labute approximate surface area is 130 Å². The molecule has 2 atom stereocenters. The molecule has 0 aliphatic heterocycles. The van der Waals surface area contributed by atoms with Crippen LogP contribution in [0.1, 0.15) is 25.7 Å². The Morgan fingerprint density at radius 3 is 2.60 bits per heavy atom. The van der Waals surface area contributed by atoms with E-state index in [9.17, 15) is 0 Å². The molecule has 2 rings (SSSR count). The van der Waals surface area contributed by atoms with Gasteiger partial charge in [0.15, 0.2) is 11.5 Å². The number of alkyl halides is 1. The van der Waals surface area contributed by atoms with Crippen LogP contribution in [-0.4, -0.2) is 43.1 Å². The predicted molar refractivity (Wildman–Crippen MR) is 86.1 cm³/mol. The standard InChI is InChI=1S/C16H24BrNO2/c1-18(14-8-4-3-7-13(14)17)11-12-20-16-10-6-5-9-15(16)19-2/h5-6,9-10,13-14H,3-4,7-8,11-12H2,1-2H3. The summed E-state index contributed by atoms with van der Waals surface area (Å²) in [6.07, 6.45) is 5.24. The Bertz CT molecular complexity index is 413. The van der Waals surface area contributed by atoms with Gasteiger partial charge >= 0.3 is 0 Å². The monoisotopic (exact) mass is 341 g/mol. The highest BCUT2D eigenvalue weighted by Crippen LogP contribution is 2.28. The van der Waals surface area contributed by atoms with E-state index in [0.717, 1.165) is 18.0 Å². The van der Waals surface area contributed by atoms with Gasteiger partial charge in [-0.05, 0) is 32.0 Å². The molecule has 1 saturated carbocycles. The quantitative estimate of drug-likeness (QED) is 0.736. The molecular weight excluding hydrogens is 318 g/mol. The molecule has 20 heavy (non-hydrogen) atoms. The normalized spacial score (nSPS) is 22.8. The zero-order chi connectivity index (χ0) is 14.4. The fourth-order valence-corrected chi connectivity index (χ4v) is 3.76. The number of ether oxygens (including phenoxy) is 2. The molecule has 1 aliphatic rings. The average molecular weight is 342 g/mol. The molecule has 0 heterocycles. The Morgan fingerprint density at radius 1 is 1.20 bits per heavy atom. The van der Waals surface area contributed by atoms with Gasteiger partial charge in [0.25, 0.3) is 0 Å². The van der Waals surface area contributed by atoms with Crippen molar-refractivity contribution in [1.29, 1.82) is 0 Å². The molecule has 0 N–H and O–H groups in total. The topological polar surface area (TPSA) is 21.7 Å². The van der Waals surface area contributed by atoms with Crippen LogP contribution in [0.4, 0.5) is 0 Å². The van der Waals surface area contributed by atoms with Gasteiger partial charge in [0.1, 0.15) is 6.61 Å². The minimum absolute atomic E-state index is 0.618. The van der Waals surface area contributed by atoms with Crippen LogP contribution in [0.25, 0.3) is 0 Å². The molecule has 0 amide bonds. The fourth-order valence-electron chi connectivity index (χ4n) is 2.77. The van der Waals surface area contributed by atoms with Gasteiger partial charge in [-0.3, -0.25) is 4.90 Å². The third-order valence-electron chi connectivity index (χ3n) is 3.98. The van der Waals surface area contributed by atoms with Crippen molar-refractivity contribution in [3.63, 3.8) is 0 Å². The van der Waals surface area contributed by atoms with Gasteiger partial charge in [0.2, 0.25) is 0 Å². The fraction of sp³-hybridized carbons (Fsp3) is 0.625. The number of methoxy groups -OCH3 is 1. The SMILES string of the molecule is COc1ccccc1OCCN(C)C1CCCCC1Br. The smallest absolute Gasteiger partial charge is 0.161 e. The van der Waals surface area contributed by atoms with Gasteiger partial charge in [-0.15, -0.1) is 0 Å². The van der Waals surface area contributed by atoms with Gasteiger partial charge in [0, 0.05) is 17.4 Å². The molecule has 0 radical (unpaired) electrons. The van der Waals surface area contributed by atoms with Crippen LogP contribution in [-0.2, 0) is 0 Å². The van der Waals surface area contributed by atoms with Crippen molar-refractivity contribution in [2.75, 3.05) is 27.3 Å². The van der Waals surface area contributed by atoms with E-state index >= 15 is 0 Å². The summed E-state index contributed by atoms with van der Waals surface area (Å²) in [5, 5.41) is 0. The van der Waals surface area contributed by atoms with Crippen molar-refractivity contribution in [1.82, 2.24) is 4.90 Å². The highest BCUT2D eigenvalue weighted by Gasteiger charge is 2.25. The van der Waals surface area contributed by atoms with E-state index < -0.39 is 0 Å². The van der Waals surface area contributed by atoms with Crippen molar-refractivity contribution in [2.45, 2.75) is 36.6 Å². The van der Waals surface area contributed by atoms with Crippen molar-refractivity contribution < 1.29 is 9.47 Å². The number of likely N-dealkylation sites (N-methyl/N-ethyl adjacent to an activating group) is 1. The number of rotatable bonds is 6. The first-order valence-corrected chi connectivity index (χ1v) is 8.24. The molecule has 3 nitrogen and oxygen atoms in total. The van der Waals surface area contributed by atoms with Crippen LogP contribution in [0.2, 0.25) is 0 Å². The van der Waals surface area contributed by atoms with Gasteiger partial charge in [-0.1, -0.05) is 40.9 Å². The molecule has 2 unspecified atom stereocenters. The van der Waals surface area contributed by atoms with E-state index in [4.69, 9.17) is 9.47 Å². The first-order chi connectivity index (χ1) is 9.72. The maximum atomic E-state index is 5.84. The summed E-state index contributed by atoms with van der Waals surface area (Å²) in [5.74, 6) is 1.62. The Kier molecular flexibility index (Phi) is 6.17. The molecule has 1 aromatic rings. The van der Waals surface area contributed by atoms with Gasteiger partial charge in [-0.2, -0.15) is 0 Å². The second kappa shape index (κ2) is 7.89. The summed E-state index contributed by atoms with van der Waals surface area (Å²) in [7, 11) is 3.86. The minimum atomic E-state index is 0.618. The number of para-hydroxylation sites is 2. The van der Waals surface area contributed by atoms with Gasteiger partial charge in [-0.25, -0.2) is 0 Å². The minimum Gasteiger partial charge on any atom is -0.493 e. The number of benzene rings is 1. The molecule has 112 valence electrons. The largest absolute Gasteiger partial charge is 0.493 e. The van der Waals surface area contributed by atoms with E-state index in [1.54, 1.807) is 7.11 Å². The summed E-state index contributed by atoms with van der Waals surface area (Å²) in [4.78, 5) is 3.03. The number of hydrogen-bond donors (Lipinski definition) is 0. The molecule has 0 spiro atoms. The molecule has 0 aromatic heterocycles. The van der Waals surface area contributed by atoms with E-state index in [0.29, 0.717) is 17.5 Å². The summed E-state index contributed by atoms with van der Waals surface area (Å²) < 4.78 is 11.1. The third-order valence-corrected chi connectivity index (χ3v) is 5.05. The maximum absolute atomic E-state index is 5.84. The van der Waals surface area contributed by atoms with Crippen molar-refractivity contribution >= 4 is 15.9 Å². The molecule has 1 aliphatic carbocycles. The average Bonchev–Trinajstić information content (AvgIpc) is 2.48. The molecule has 4 heteroatoms. The predicted octanol–water partition coefficient (Wildman–Crippen LogP) is 3.71. The Hall–Kier alpha value is -0.740. The Morgan fingerprint density at radius 2 is 1.90 bits per heavy atom. The van der Waals surface area contributed by atoms with Crippen LogP contribution in [0.15, 0.2) is 24.3 Å². The summed E-state index contributed by atoms with van der Waals surface area (Å²) in [6, 6.07) is 8.43. The summed E-state index contributed by atoms with van der Waals surface area (Å²) in [6.45, 7) is 1.62. The van der Waals surface area contributed by atoms with Crippen LogP contribution in [0.5, 0.6) is 11.5 Å². The lowest BCUT2D eigenvalue weighted by molar-refractivity contribution is 0.164. The molecular formula is C16H24BrNO2. The first kappa shape index (κ1) is 15.6. The third kappa shape index (κ3) is 4.13. The molecule has 0 saturated heterocycles. The summed E-state index contributed by atoms with van der Waals surface area (Å²) >= 11 is 3.81. The summed E-state index contributed by atoms with van der Waals surface area (Å²) in [5.41, 5.74) is 0. The van der Waals surface area contributed by atoms with Crippen LogP contribution >= 0.6 is 15.9 Å². The lowest BCUT2D eigenvalue weighted by Gasteiger charge is -2.35. The van der Waals surface area contributed by atoms with Crippen molar-refractivity contribution in [3.8, 4) is 11.5 Å².